The molecule has 0 saturated heterocycles. The van der Waals surface area contributed by atoms with Gasteiger partial charge in [-0.25, -0.2) is 0 Å². The van der Waals surface area contributed by atoms with E-state index in [0.29, 0.717) is 27.0 Å². The summed E-state index contributed by atoms with van der Waals surface area (Å²) in [7, 11) is 1.50. The Hall–Kier alpha value is -1.82. The van der Waals surface area contributed by atoms with Crippen molar-refractivity contribution in [1.29, 1.82) is 0 Å². The molecule has 0 aliphatic rings. The summed E-state index contributed by atoms with van der Waals surface area (Å²) in [4.78, 5) is 12.2. The number of amides is 1. The Morgan fingerprint density at radius 1 is 1.14 bits per heavy atom. The topological polar surface area (TPSA) is 50.4 Å². The number of ether oxygens (including phenoxy) is 1. The van der Waals surface area contributed by atoms with Crippen molar-refractivity contribution >= 4 is 52.1 Å². The molecular weight excluding hydrogens is 343 g/mol. The maximum atomic E-state index is 12.2. The summed E-state index contributed by atoms with van der Waals surface area (Å²) < 4.78 is 5.14. The average molecular weight is 355 g/mol. The average Bonchev–Trinajstić information content (AvgIpc) is 2.45. The minimum atomic E-state index is -0.372. The second-order valence-corrected chi connectivity index (χ2v) is 5.55. The molecular formula is C15H12Cl2N2O2S. The number of methoxy groups -OCH3 is 1. The van der Waals surface area contributed by atoms with Gasteiger partial charge in [-0.05, 0) is 42.5 Å². The van der Waals surface area contributed by atoms with Crippen molar-refractivity contribution in [3.63, 3.8) is 0 Å². The normalized spacial score (nSPS) is 9.95. The maximum absolute atomic E-state index is 12.2. The summed E-state index contributed by atoms with van der Waals surface area (Å²) in [5.41, 5.74) is 0.973. The van der Waals surface area contributed by atoms with Gasteiger partial charge in [0.1, 0.15) is 5.75 Å². The number of rotatable bonds is 3. The fourth-order valence-corrected chi connectivity index (χ4v) is 2.53. The summed E-state index contributed by atoms with van der Waals surface area (Å²) in [6.07, 6.45) is 0. The zero-order valence-electron chi connectivity index (χ0n) is 11.5. The standard InChI is InChI=1S/C15H12Cl2N2O2S/c1-21-13-5-3-2-4-12(13)14(20)19-15(22)18-11-7-9(16)6-10(17)8-11/h2-8H,1H3,(H2,18,19,20,22). The number of halogens is 2. The number of anilines is 1. The number of benzene rings is 2. The largest absolute Gasteiger partial charge is 0.496 e. The van der Waals surface area contributed by atoms with E-state index in [-0.39, 0.29) is 11.0 Å². The van der Waals surface area contributed by atoms with Crippen molar-refractivity contribution < 1.29 is 9.53 Å². The predicted molar refractivity (Wildman–Crippen MR) is 93.1 cm³/mol. The number of hydrogen-bond acceptors (Lipinski definition) is 3. The first-order valence-electron chi connectivity index (χ1n) is 6.21. The van der Waals surface area contributed by atoms with Crippen LogP contribution in [0, 0.1) is 0 Å². The predicted octanol–water partition coefficient (Wildman–Crippen LogP) is 4.13. The molecule has 22 heavy (non-hydrogen) atoms. The van der Waals surface area contributed by atoms with E-state index >= 15 is 0 Å². The highest BCUT2D eigenvalue weighted by atomic mass is 35.5. The molecule has 2 aromatic rings. The molecule has 0 aliphatic carbocycles. The third-order valence-electron chi connectivity index (χ3n) is 2.70. The zero-order valence-corrected chi connectivity index (χ0v) is 13.9. The van der Waals surface area contributed by atoms with Crippen LogP contribution in [0.3, 0.4) is 0 Å². The van der Waals surface area contributed by atoms with Crippen molar-refractivity contribution in [3.8, 4) is 5.75 Å². The molecule has 114 valence electrons. The van der Waals surface area contributed by atoms with E-state index in [2.05, 4.69) is 10.6 Å². The van der Waals surface area contributed by atoms with Gasteiger partial charge < -0.3 is 10.1 Å². The molecule has 2 rings (SSSR count). The van der Waals surface area contributed by atoms with E-state index in [1.807, 2.05) is 0 Å². The number of carbonyl (C=O) groups excluding carboxylic acids is 1. The number of thiocarbonyl (C=S) groups is 1. The summed E-state index contributed by atoms with van der Waals surface area (Å²) in [5, 5.41) is 6.49. The van der Waals surface area contributed by atoms with Gasteiger partial charge in [0.05, 0.1) is 12.7 Å². The molecule has 2 aromatic carbocycles. The summed E-state index contributed by atoms with van der Waals surface area (Å²) in [5.74, 6) is 0.0941. The Balaban J connectivity index is 2.07. The molecule has 0 atom stereocenters. The zero-order chi connectivity index (χ0) is 16.1. The minimum absolute atomic E-state index is 0.134. The van der Waals surface area contributed by atoms with Crippen molar-refractivity contribution in [3.05, 3.63) is 58.1 Å². The van der Waals surface area contributed by atoms with Gasteiger partial charge in [-0.15, -0.1) is 0 Å². The Morgan fingerprint density at radius 3 is 2.41 bits per heavy atom. The van der Waals surface area contributed by atoms with Gasteiger partial charge in [-0.1, -0.05) is 35.3 Å². The van der Waals surface area contributed by atoms with Crippen molar-refractivity contribution in [1.82, 2.24) is 5.32 Å². The van der Waals surface area contributed by atoms with Crippen LogP contribution in [0.4, 0.5) is 5.69 Å². The van der Waals surface area contributed by atoms with Crippen molar-refractivity contribution in [2.45, 2.75) is 0 Å². The number of nitrogens with one attached hydrogen (secondary N) is 2. The Morgan fingerprint density at radius 2 is 1.77 bits per heavy atom. The second kappa shape index (κ2) is 7.45. The van der Waals surface area contributed by atoms with E-state index in [1.54, 1.807) is 42.5 Å². The first-order chi connectivity index (χ1) is 10.5. The van der Waals surface area contributed by atoms with E-state index in [4.69, 9.17) is 40.2 Å². The van der Waals surface area contributed by atoms with Crippen molar-refractivity contribution in [2.75, 3.05) is 12.4 Å². The lowest BCUT2D eigenvalue weighted by atomic mass is 10.2. The second-order valence-electron chi connectivity index (χ2n) is 4.27. The van der Waals surface area contributed by atoms with Crippen LogP contribution in [0.5, 0.6) is 5.75 Å². The number of hydrogen-bond donors (Lipinski definition) is 2. The monoisotopic (exact) mass is 354 g/mol. The van der Waals surface area contributed by atoms with Crippen LogP contribution in [0.2, 0.25) is 10.0 Å². The van der Waals surface area contributed by atoms with Gasteiger partial charge in [0.15, 0.2) is 5.11 Å². The Bertz CT molecular complexity index is 702. The Labute approximate surface area is 143 Å². The van der Waals surface area contributed by atoms with Crippen LogP contribution >= 0.6 is 35.4 Å². The van der Waals surface area contributed by atoms with Gasteiger partial charge in [0.2, 0.25) is 0 Å². The smallest absolute Gasteiger partial charge is 0.261 e. The molecule has 1 amide bonds. The minimum Gasteiger partial charge on any atom is -0.496 e. The molecule has 0 saturated carbocycles. The summed E-state index contributed by atoms with van der Waals surface area (Å²) >= 11 is 16.9. The van der Waals surface area contributed by atoms with Crippen LogP contribution in [0.1, 0.15) is 10.4 Å². The Kier molecular flexibility index (Phi) is 5.60. The molecule has 0 bridgehead atoms. The maximum Gasteiger partial charge on any atom is 0.261 e. The van der Waals surface area contributed by atoms with Gasteiger partial charge in [0, 0.05) is 15.7 Å². The van der Waals surface area contributed by atoms with Gasteiger partial charge in [-0.3, -0.25) is 10.1 Å². The van der Waals surface area contributed by atoms with E-state index in [9.17, 15) is 4.79 Å². The quantitative estimate of drug-likeness (QED) is 0.813. The summed E-state index contributed by atoms with van der Waals surface area (Å²) in [6, 6.07) is 11.8. The number of para-hydroxylation sites is 1. The third kappa shape index (κ3) is 4.34. The van der Waals surface area contributed by atoms with Gasteiger partial charge in [-0.2, -0.15) is 0 Å². The van der Waals surface area contributed by atoms with Crippen LogP contribution in [-0.2, 0) is 0 Å². The summed E-state index contributed by atoms with van der Waals surface area (Å²) in [6.45, 7) is 0. The molecule has 0 spiro atoms. The third-order valence-corrected chi connectivity index (χ3v) is 3.34. The van der Waals surface area contributed by atoms with Crippen LogP contribution in [-0.4, -0.2) is 18.1 Å². The molecule has 0 aromatic heterocycles. The molecule has 0 fully saturated rings. The fourth-order valence-electron chi connectivity index (χ4n) is 1.79. The highest BCUT2D eigenvalue weighted by Gasteiger charge is 2.13. The molecule has 0 heterocycles. The molecule has 4 nitrogen and oxygen atoms in total. The lowest BCUT2D eigenvalue weighted by Gasteiger charge is -2.12. The number of carbonyl (C=O) groups is 1. The van der Waals surface area contributed by atoms with Crippen LogP contribution in [0.15, 0.2) is 42.5 Å². The van der Waals surface area contributed by atoms with E-state index < -0.39 is 0 Å². The molecule has 0 radical (unpaired) electrons. The van der Waals surface area contributed by atoms with Crippen molar-refractivity contribution in [2.24, 2.45) is 0 Å². The highest BCUT2D eigenvalue weighted by molar-refractivity contribution is 7.80. The molecule has 2 N–H and O–H groups in total. The van der Waals surface area contributed by atoms with Crippen LogP contribution < -0.4 is 15.4 Å². The first-order valence-corrected chi connectivity index (χ1v) is 7.37. The molecule has 7 heteroatoms. The molecule has 0 aliphatic heterocycles. The molecule has 0 unspecified atom stereocenters. The van der Waals surface area contributed by atoms with E-state index in [1.165, 1.54) is 7.11 Å². The van der Waals surface area contributed by atoms with Crippen LogP contribution in [0.25, 0.3) is 0 Å². The fraction of sp³-hybridized carbons (Fsp3) is 0.0667. The van der Waals surface area contributed by atoms with Gasteiger partial charge >= 0.3 is 0 Å². The highest BCUT2D eigenvalue weighted by Crippen LogP contribution is 2.22. The SMILES string of the molecule is COc1ccccc1C(=O)NC(=S)Nc1cc(Cl)cc(Cl)c1. The lowest BCUT2D eigenvalue weighted by Crippen LogP contribution is -2.34. The lowest BCUT2D eigenvalue weighted by molar-refractivity contribution is 0.0975. The first kappa shape index (κ1) is 16.5. The van der Waals surface area contributed by atoms with E-state index in [0.717, 1.165) is 0 Å². The van der Waals surface area contributed by atoms with Gasteiger partial charge in [0.25, 0.3) is 5.91 Å².